The van der Waals surface area contributed by atoms with E-state index in [2.05, 4.69) is 58.4 Å². The van der Waals surface area contributed by atoms with Gasteiger partial charge in [0.15, 0.2) is 5.65 Å². The summed E-state index contributed by atoms with van der Waals surface area (Å²) in [7, 11) is 0. The number of hydrogen-bond donors (Lipinski definition) is 1. The van der Waals surface area contributed by atoms with Crippen LogP contribution in [0.15, 0.2) is 60.7 Å². The van der Waals surface area contributed by atoms with Crippen LogP contribution in [0.3, 0.4) is 0 Å². The second kappa shape index (κ2) is 7.99. The Bertz CT molecular complexity index is 1230. The number of carbonyl (C=O) groups is 1. The molecule has 2 aromatic carbocycles. The van der Waals surface area contributed by atoms with Crippen molar-refractivity contribution in [2.75, 3.05) is 5.32 Å². The van der Waals surface area contributed by atoms with Gasteiger partial charge in [0.25, 0.3) is 0 Å². The average Bonchev–Trinajstić information content (AvgIpc) is 3.03. The molecule has 0 atom stereocenters. The van der Waals surface area contributed by atoms with Gasteiger partial charge in [-0.1, -0.05) is 75.4 Å². The highest BCUT2D eigenvalue weighted by molar-refractivity contribution is 5.96. The van der Waals surface area contributed by atoms with Crippen molar-refractivity contribution in [3.63, 3.8) is 0 Å². The van der Waals surface area contributed by atoms with E-state index >= 15 is 0 Å². The summed E-state index contributed by atoms with van der Waals surface area (Å²) >= 11 is 0. The predicted molar refractivity (Wildman–Crippen MR) is 126 cm³/mol. The van der Waals surface area contributed by atoms with E-state index in [9.17, 15) is 4.79 Å². The molecule has 0 unspecified atom stereocenters. The molecular formula is C26H28N4O. The van der Waals surface area contributed by atoms with Gasteiger partial charge in [0.1, 0.15) is 11.3 Å². The maximum absolute atomic E-state index is 12.4. The van der Waals surface area contributed by atoms with Crippen molar-refractivity contribution >= 4 is 22.8 Å². The van der Waals surface area contributed by atoms with E-state index < -0.39 is 5.41 Å². The van der Waals surface area contributed by atoms with Crippen molar-refractivity contribution in [2.24, 2.45) is 5.41 Å². The van der Waals surface area contributed by atoms with Crippen LogP contribution >= 0.6 is 0 Å². The molecule has 0 aliphatic rings. The first-order valence-electron chi connectivity index (χ1n) is 10.5. The van der Waals surface area contributed by atoms with Gasteiger partial charge in [0.05, 0.1) is 17.9 Å². The zero-order chi connectivity index (χ0) is 22.2. The molecule has 4 rings (SSSR count). The molecule has 1 N–H and O–H groups in total. The highest BCUT2D eigenvalue weighted by atomic mass is 16.2. The molecule has 5 nitrogen and oxygen atoms in total. The van der Waals surface area contributed by atoms with Crippen molar-refractivity contribution in [1.82, 2.24) is 14.5 Å². The van der Waals surface area contributed by atoms with Gasteiger partial charge in [-0.2, -0.15) is 0 Å². The normalized spacial score (nSPS) is 11.6. The fourth-order valence-corrected chi connectivity index (χ4v) is 3.49. The molecule has 158 valence electrons. The van der Waals surface area contributed by atoms with Crippen molar-refractivity contribution in [1.29, 1.82) is 0 Å². The standard InChI is InChI=1S/C26H28N4O/c1-17-22(29-25(31)26(3,4)5)15-23-24(27-17)30(18(2)28-23)16-19-11-13-21(14-12-19)20-9-7-6-8-10-20/h6-15H,16H2,1-5H3,(H,29,31). The zero-order valence-electron chi connectivity index (χ0n) is 18.7. The molecule has 0 aliphatic heterocycles. The first-order chi connectivity index (χ1) is 14.7. The number of rotatable bonds is 4. The van der Waals surface area contributed by atoms with Crippen LogP contribution in [0.1, 0.15) is 37.9 Å². The molecule has 31 heavy (non-hydrogen) atoms. The Morgan fingerprint density at radius 1 is 0.935 bits per heavy atom. The molecule has 4 aromatic rings. The van der Waals surface area contributed by atoms with Gasteiger partial charge in [0, 0.05) is 5.41 Å². The Balaban J connectivity index is 1.62. The number of nitrogens with one attached hydrogen (secondary N) is 1. The van der Waals surface area contributed by atoms with E-state index in [1.54, 1.807) is 0 Å². The largest absolute Gasteiger partial charge is 0.324 e. The third-order valence-corrected chi connectivity index (χ3v) is 5.43. The lowest BCUT2D eigenvalue weighted by Crippen LogP contribution is -2.28. The fraction of sp³-hybridized carbons (Fsp3) is 0.269. The molecule has 0 aliphatic carbocycles. The summed E-state index contributed by atoms with van der Waals surface area (Å²) in [5, 5.41) is 2.99. The van der Waals surface area contributed by atoms with Crippen LogP contribution in [0.25, 0.3) is 22.3 Å². The second-order valence-corrected chi connectivity index (χ2v) is 8.98. The summed E-state index contributed by atoms with van der Waals surface area (Å²) in [6, 6.07) is 20.9. The van der Waals surface area contributed by atoms with E-state index in [4.69, 9.17) is 9.97 Å². The lowest BCUT2D eigenvalue weighted by atomic mass is 9.95. The van der Waals surface area contributed by atoms with Crippen LogP contribution < -0.4 is 5.32 Å². The molecule has 5 heteroatoms. The van der Waals surface area contributed by atoms with Gasteiger partial charge in [-0.25, -0.2) is 9.97 Å². The van der Waals surface area contributed by atoms with E-state index in [1.807, 2.05) is 46.8 Å². The molecule has 1 amide bonds. The van der Waals surface area contributed by atoms with Crippen molar-refractivity contribution in [3.8, 4) is 11.1 Å². The molecule has 0 saturated carbocycles. The molecule has 0 fully saturated rings. The van der Waals surface area contributed by atoms with Gasteiger partial charge in [0.2, 0.25) is 5.91 Å². The van der Waals surface area contributed by atoms with Gasteiger partial charge in [-0.15, -0.1) is 0 Å². The Morgan fingerprint density at radius 3 is 2.23 bits per heavy atom. The topological polar surface area (TPSA) is 59.8 Å². The van der Waals surface area contributed by atoms with E-state index in [1.165, 1.54) is 16.7 Å². The summed E-state index contributed by atoms with van der Waals surface area (Å²) in [5.41, 5.74) is 6.23. The van der Waals surface area contributed by atoms with Crippen LogP contribution in [-0.2, 0) is 11.3 Å². The van der Waals surface area contributed by atoms with Gasteiger partial charge in [-0.05, 0) is 36.6 Å². The molecule has 2 aromatic heterocycles. The van der Waals surface area contributed by atoms with E-state index in [0.29, 0.717) is 12.2 Å². The van der Waals surface area contributed by atoms with Crippen molar-refractivity contribution in [3.05, 3.63) is 77.7 Å². The molecule has 0 bridgehead atoms. The molecule has 0 radical (unpaired) electrons. The van der Waals surface area contributed by atoms with Crippen LogP contribution in [0.5, 0.6) is 0 Å². The van der Waals surface area contributed by atoms with Gasteiger partial charge in [-0.3, -0.25) is 4.79 Å². The molecule has 0 spiro atoms. The smallest absolute Gasteiger partial charge is 0.229 e. The van der Waals surface area contributed by atoms with Crippen molar-refractivity contribution < 1.29 is 4.79 Å². The number of fused-ring (bicyclic) bond motifs is 1. The minimum absolute atomic E-state index is 0.0357. The highest BCUT2D eigenvalue weighted by Crippen LogP contribution is 2.25. The third kappa shape index (κ3) is 4.36. The first-order valence-corrected chi connectivity index (χ1v) is 10.5. The Kier molecular flexibility index (Phi) is 5.36. The van der Waals surface area contributed by atoms with Crippen LogP contribution in [0.2, 0.25) is 0 Å². The SMILES string of the molecule is Cc1nc2c(cc1NC(=O)C(C)(C)C)nc(C)n2Cc1ccc(-c2ccccc2)cc1. The fourth-order valence-electron chi connectivity index (χ4n) is 3.49. The van der Waals surface area contributed by atoms with Gasteiger partial charge >= 0.3 is 0 Å². The minimum Gasteiger partial charge on any atom is -0.324 e. The summed E-state index contributed by atoms with van der Waals surface area (Å²) < 4.78 is 2.12. The number of carbonyl (C=O) groups excluding carboxylic acids is 1. The maximum atomic E-state index is 12.4. The summed E-state index contributed by atoms with van der Waals surface area (Å²) in [4.78, 5) is 21.9. The highest BCUT2D eigenvalue weighted by Gasteiger charge is 2.22. The molecule has 2 heterocycles. The second-order valence-electron chi connectivity index (χ2n) is 8.98. The number of aromatic nitrogens is 3. The number of amides is 1. The first kappa shape index (κ1) is 20.8. The van der Waals surface area contributed by atoms with Crippen LogP contribution in [0, 0.1) is 19.3 Å². The average molecular weight is 413 g/mol. The lowest BCUT2D eigenvalue weighted by Gasteiger charge is -2.18. The summed E-state index contributed by atoms with van der Waals surface area (Å²) in [5.74, 6) is 0.861. The number of imidazole rings is 1. The van der Waals surface area contributed by atoms with Crippen LogP contribution in [0.4, 0.5) is 5.69 Å². The molecule has 0 saturated heterocycles. The Morgan fingerprint density at radius 2 is 1.58 bits per heavy atom. The quantitative estimate of drug-likeness (QED) is 0.464. The number of nitrogens with zero attached hydrogens (tertiary/aromatic N) is 3. The zero-order valence-corrected chi connectivity index (χ0v) is 18.7. The number of benzene rings is 2. The summed E-state index contributed by atoms with van der Waals surface area (Å²) in [6.07, 6.45) is 0. The summed E-state index contributed by atoms with van der Waals surface area (Å²) in [6.45, 7) is 10.3. The van der Waals surface area contributed by atoms with E-state index in [0.717, 1.165) is 22.7 Å². The number of pyridine rings is 1. The monoisotopic (exact) mass is 412 g/mol. The third-order valence-electron chi connectivity index (χ3n) is 5.43. The van der Waals surface area contributed by atoms with E-state index in [-0.39, 0.29) is 5.91 Å². The van der Waals surface area contributed by atoms with Crippen molar-refractivity contribution in [2.45, 2.75) is 41.2 Å². The number of anilines is 1. The number of aryl methyl sites for hydroxylation is 2. The maximum Gasteiger partial charge on any atom is 0.229 e. The predicted octanol–water partition coefficient (Wildman–Crippen LogP) is 5.75. The van der Waals surface area contributed by atoms with Gasteiger partial charge < -0.3 is 9.88 Å². The molecular weight excluding hydrogens is 384 g/mol. The lowest BCUT2D eigenvalue weighted by molar-refractivity contribution is -0.123. The minimum atomic E-state index is -0.470. The van der Waals surface area contributed by atoms with Crippen LogP contribution in [-0.4, -0.2) is 20.4 Å². The Labute approximate surface area is 183 Å². The number of hydrogen-bond acceptors (Lipinski definition) is 3. The Hall–Kier alpha value is -3.47.